The number of carboxylic acid groups (broad SMARTS) is 1. The normalized spacial score (nSPS) is 10.0. The summed E-state index contributed by atoms with van der Waals surface area (Å²) in [5.74, 6) is -1.58. The second-order valence-electron chi connectivity index (χ2n) is 4.55. The van der Waals surface area contributed by atoms with E-state index in [1.54, 1.807) is 13.0 Å². The lowest BCUT2D eigenvalue weighted by atomic mass is 10.2. The van der Waals surface area contributed by atoms with Gasteiger partial charge in [-0.05, 0) is 39.0 Å². The highest BCUT2D eigenvalue weighted by molar-refractivity contribution is 5.81. The Balaban J connectivity index is 0. The Hall–Kier alpha value is -1.08. The third kappa shape index (κ3) is 17.0. The molecule has 22 heavy (non-hydrogen) atoms. The van der Waals surface area contributed by atoms with Crippen molar-refractivity contribution < 1.29 is 29.0 Å². The quantitative estimate of drug-likeness (QED) is 0.253. The molecule has 0 unspecified atom stereocenters. The molecule has 0 aromatic carbocycles. The van der Waals surface area contributed by atoms with Crippen molar-refractivity contribution in [1.82, 2.24) is 0 Å². The number of hydrogen-bond donors (Lipinski definition) is 1. The fourth-order valence-electron chi connectivity index (χ4n) is 1.56. The monoisotopic (exact) mass is 326 g/mol. The number of carboxylic acids is 1. The van der Waals surface area contributed by atoms with Crippen LogP contribution in [-0.2, 0) is 23.9 Å². The van der Waals surface area contributed by atoms with Crippen LogP contribution in [0.25, 0.3) is 0 Å². The van der Waals surface area contributed by atoms with Gasteiger partial charge in [-0.25, -0.2) is 4.79 Å². The van der Waals surface area contributed by atoms with E-state index >= 15 is 0 Å². The number of ether oxygens (including phenoxy) is 2. The van der Waals surface area contributed by atoms with Gasteiger partial charge in [0, 0.05) is 18.9 Å². The number of esters is 2. The SMILES string of the molecule is CC=CC(=O)OCCCCCCOC(=O)CCCC(=O)O.[MgH2]. The van der Waals surface area contributed by atoms with Crippen molar-refractivity contribution in [1.29, 1.82) is 0 Å². The van der Waals surface area contributed by atoms with Crippen LogP contribution >= 0.6 is 0 Å². The fraction of sp³-hybridized carbons (Fsp3) is 0.667. The molecule has 124 valence electrons. The van der Waals surface area contributed by atoms with Crippen LogP contribution < -0.4 is 0 Å². The minimum absolute atomic E-state index is 0. The third-order valence-corrected chi connectivity index (χ3v) is 2.62. The van der Waals surface area contributed by atoms with Gasteiger partial charge in [0.05, 0.1) is 13.2 Å². The van der Waals surface area contributed by atoms with Gasteiger partial charge >= 0.3 is 41.0 Å². The standard InChI is InChI=1S/C15H24O6.Mg.2H/c1-2-8-14(18)20-11-5-3-4-6-12-21-15(19)10-7-9-13(16)17;;;/h2,8H,3-7,9-12H2,1H3,(H,16,17);;;. The number of hydrogen-bond acceptors (Lipinski definition) is 5. The summed E-state index contributed by atoms with van der Waals surface area (Å²) in [6.45, 7) is 2.51. The average Bonchev–Trinajstić information content (AvgIpc) is 2.41. The largest absolute Gasteiger partial charge is 0.481 e. The maximum atomic E-state index is 11.2. The summed E-state index contributed by atoms with van der Waals surface area (Å²) >= 11 is 0. The summed E-state index contributed by atoms with van der Waals surface area (Å²) in [5.41, 5.74) is 0. The van der Waals surface area contributed by atoms with Crippen LogP contribution in [0.3, 0.4) is 0 Å². The first-order valence-electron chi connectivity index (χ1n) is 7.23. The molecule has 0 rings (SSSR count). The first kappa shape index (κ1) is 23.2. The van der Waals surface area contributed by atoms with E-state index in [1.165, 1.54) is 6.08 Å². The van der Waals surface area contributed by atoms with Gasteiger partial charge in [0.2, 0.25) is 0 Å². The summed E-state index contributed by atoms with van der Waals surface area (Å²) < 4.78 is 9.91. The number of allylic oxidation sites excluding steroid dienone is 1. The molecule has 0 aliphatic heterocycles. The molecule has 0 bridgehead atoms. The van der Waals surface area contributed by atoms with E-state index < -0.39 is 5.97 Å². The Labute approximate surface area is 147 Å². The number of aliphatic carboxylic acids is 1. The molecule has 0 heterocycles. The summed E-state index contributed by atoms with van der Waals surface area (Å²) in [4.78, 5) is 32.5. The molecule has 0 atom stereocenters. The molecule has 0 saturated carbocycles. The predicted molar refractivity (Wildman–Crippen MR) is 85.2 cm³/mol. The predicted octanol–water partition coefficient (Wildman–Crippen LogP) is 1.55. The molecule has 0 aliphatic rings. The lowest BCUT2D eigenvalue weighted by molar-refractivity contribution is -0.144. The number of rotatable bonds is 12. The molecule has 0 amide bonds. The van der Waals surface area contributed by atoms with Crippen LogP contribution in [0.5, 0.6) is 0 Å². The van der Waals surface area contributed by atoms with E-state index in [0.29, 0.717) is 19.6 Å². The zero-order chi connectivity index (χ0) is 15.9. The Morgan fingerprint density at radius 3 is 2.05 bits per heavy atom. The fourth-order valence-corrected chi connectivity index (χ4v) is 1.56. The topological polar surface area (TPSA) is 89.9 Å². The van der Waals surface area contributed by atoms with Gasteiger partial charge in [-0.1, -0.05) is 6.08 Å². The van der Waals surface area contributed by atoms with Crippen molar-refractivity contribution in [3.8, 4) is 0 Å². The van der Waals surface area contributed by atoms with E-state index in [2.05, 4.69) is 0 Å². The van der Waals surface area contributed by atoms with Gasteiger partial charge < -0.3 is 14.6 Å². The lowest BCUT2D eigenvalue weighted by Gasteiger charge is -2.05. The zero-order valence-electron chi connectivity index (χ0n) is 12.5. The molecule has 1 N–H and O–H groups in total. The second kappa shape index (κ2) is 16.3. The molecule has 7 heteroatoms. The van der Waals surface area contributed by atoms with E-state index in [1.807, 2.05) is 0 Å². The van der Waals surface area contributed by atoms with Crippen molar-refractivity contribution in [3.05, 3.63) is 12.2 Å². The maximum absolute atomic E-state index is 11.2. The molecule has 0 radical (unpaired) electrons. The van der Waals surface area contributed by atoms with E-state index in [9.17, 15) is 14.4 Å². The Kier molecular flexibility index (Phi) is 17.2. The van der Waals surface area contributed by atoms with Crippen LogP contribution in [0.1, 0.15) is 51.9 Å². The van der Waals surface area contributed by atoms with Crippen LogP contribution in [0, 0.1) is 0 Å². The Morgan fingerprint density at radius 1 is 0.909 bits per heavy atom. The lowest BCUT2D eigenvalue weighted by Crippen LogP contribution is -2.07. The summed E-state index contributed by atoms with van der Waals surface area (Å²) in [5, 5.41) is 8.42. The number of carbonyl (C=O) groups is 3. The van der Waals surface area contributed by atoms with Crippen molar-refractivity contribution in [2.75, 3.05) is 13.2 Å². The minimum Gasteiger partial charge on any atom is -0.481 e. The molecule has 0 aromatic heterocycles. The minimum atomic E-state index is -0.905. The van der Waals surface area contributed by atoms with E-state index in [-0.39, 0.29) is 47.8 Å². The van der Waals surface area contributed by atoms with E-state index in [4.69, 9.17) is 14.6 Å². The van der Waals surface area contributed by atoms with Crippen molar-refractivity contribution in [2.24, 2.45) is 0 Å². The van der Waals surface area contributed by atoms with Crippen molar-refractivity contribution in [3.63, 3.8) is 0 Å². The maximum Gasteiger partial charge on any atom is 0.330 e. The first-order chi connectivity index (χ1) is 10.1. The summed E-state index contributed by atoms with van der Waals surface area (Å²) in [6, 6.07) is 0. The van der Waals surface area contributed by atoms with Crippen LogP contribution in [0.15, 0.2) is 12.2 Å². The zero-order valence-corrected chi connectivity index (χ0v) is 12.5. The van der Waals surface area contributed by atoms with Crippen molar-refractivity contribution in [2.45, 2.75) is 51.9 Å². The molecule has 0 aromatic rings. The van der Waals surface area contributed by atoms with Gasteiger partial charge in [0.15, 0.2) is 0 Å². The number of carbonyl (C=O) groups excluding carboxylic acids is 2. The van der Waals surface area contributed by atoms with Gasteiger partial charge in [-0.2, -0.15) is 0 Å². The molecular weight excluding hydrogens is 300 g/mol. The van der Waals surface area contributed by atoms with Crippen molar-refractivity contribution >= 4 is 41.0 Å². The third-order valence-electron chi connectivity index (χ3n) is 2.62. The average molecular weight is 327 g/mol. The molecular formula is C15H26MgO6. The first-order valence-corrected chi connectivity index (χ1v) is 7.23. The molecule has 0 saturated heterocycles. The second-order valence-corrected chi connectivity index (χ2v) is 4.55. The van der Waals surface area contributed by atoms with Crippen LogP contribution in [0.2, 0.25) is 0 Å². The highest BCUT2D eigenvalue weighted by Crippen LogP contribution is 2.03. The van der Waals surface area contributed by atoms with Gasteiger partial charge in [-0.15, -0.1) is 0 Å². The highest BCUT2D eigenvalue weighted by atomic mass is 24.3. The Bertz CT molecular complexity index is 354. The smallest absolute Gasteiger partial charge is 0.330 e. The molecule has 0 fully saturated rings. The van der Waals surface area contributed by atoms with Gasteiger partial charge in [0.1, 0.15) is 0 Å². The Morgan fingerprint density at radius 2 is 1.50 bits per heavy atom. The summed E-state index contributed by atoms with van der Waals surface area (Å²) in [7, 11) is 0. The van der Waals surface area contributed by atoms with Crippen LogP contribution in [0.4, 0.5) is 0 Å². The van der Waals surface area contributed by atoms with E-state index in [0.717, 1.165) is 25.7 Å². The van der Waals surface area contributed by atoms with Crippen LogP contribution in [-0.4, -0.2) is 59.3 Å². The van der Waals surface area contributed by atoms with Gasteiger partial charge in [-0.3, -0.25) is 9.59 Å². The molecule has 6 nitrogen and oxygen atoms in total. The summed E-state index contributed by atoms with van der Waals surface area (Å²) in [6.07, 6.45) is 6.80. The highest BCUT2D eigenvalue weighted by Gasteiger charge is 2.04. The molecule has 0 spiro atoms. The number of unbranched alkanes of at least 4 members (excludes halogenated alkanes) is 3. The molecule has 0 aliphatic carbocycles. The van der Waals surface area contributed by atoms with Gasteiger partial charge in [0.25, 0.3) is 0 Å².